The van der Waals surface area contributed by atoms with Crippen molar-refractivity contribution < 1.29 is 18.7 Å². The predicted octanol–water partition coefficient (Wildman–Crippen LogP) is 2.65. The fourth-order valence-corrected chi connectivity index (χ4v) is 4.63. The predicted molar refractivity (Wildman–Crippen MR) is 99.4 cm³/mol. The number of benzene rings is 1. The molecule has 4 rings (SSSR count). The fraction of sp³-hybridized carbons (Fsp3) is 0.667. The zero-order valence-corrected chi connectivity index (χ0v) is 15.8. The van der Waals surface area contributed by atoms with E-state index in [2.05, 4.69) is 4.90 Å². The SMILES string of the molecule is O=C(C1CCCN(Cc2cccc(F)c2)C1)N1CCCC(C2OCCO2)C1. The molecule has 1 aromatic carbocycles. The second-order valence-electron chi connectivity index (χ2n) is 8.00. The Hall–Kier alpha value is -1.50. The smallest absolute Gasteiger partial charge is 0.226 e. The van der Waals surface area contributed by atoms with E-state index in [1.807, 2.05) is 11.0 Å². The van der Waals surface area contributed by atoms with Gasteiger partial charge in [-0.2, -0.15) is 0 Å². The highest BCUT2D eigenvalue weighted by Crippen LogP contribution is 2.28. The number of carbonyl (C=O) groups excluding carboxylic acids is 1. The Morgan fingerprint density at radius 3 is 2.74 bits per heavy atom. The molecule has 148 valence electrons. The zero-order valence-electron chi connectivity index (χ0n) is 15.8. The summed E-state index contributed by atoms with van der Waals surface area (Å²) in [4.78, 5) is 17.4. The molecule has 3 saturated heterocycles. The summed E-state index contributed by atoms with van der Waals surface area (Å²) < 4.78 is 24.8. The lowest BCUT2D eigenvalue weighted by molar-refractivity contribution is -0.145. The van der Waals surface area contributed by atoms with Crippen molar-refractivity contribution in [3.63, 3.8) is 0 Å². The van der Waals surface area contributed by atoms with E-state index >= 15 is 0 Å². The first kappa shape index (κ1) is 18.8. The van der Waals surface area contributed by atoms with E-state index in [9.17, 15) is 9.18 Å². The molecular formula is C21H29FN2O3. The monoisotopic (exact) mass is 376 g/mol. The Kier molecular flexibility index (Phi) is 6.05. The first-order valence-corrected chi connectivity index (χ1v) is 10.2. The lowest BCUT2D eigenvalue weighted by Crippen LogP contribution is -2.49. The first-order valence-electron chi connectivity index (χ1n) is 10.2. The third-order valence-electron chi connectivity index (χ3n) is 5.95. The average Bonchev–Trinajstić information content (AvgIpc) is 3.23. The van der Waals surface area contributed by atoms with E-state index in [0.29, 0.717) is 19.8 Å². The molecule has 0 radical (unpaired) electrons. The van der Waals surface area contributed by atoms with E-state index in [1.54, 1.807) is 12.1 Å². The third-order valence-corrected chi connectivity index (χ3v) is 5.95. The molecule has 3 aliphatic rings. The van der Waals surface area contributed by atoms with Gasteiger partial charge in [-0.1, -0.05) is 12.1 Å². The topological polar surface area (TPSA) is 42.0 Å². The number of piperidine rings is 2. The van der Waals surface area contributed by atoms with Crippen molar-refractivity contribution in [2.75, 3.05) is 39.4 Å². The standard InChI is InChI=1S/C21H29FN2O3/c22-19-7-1-4-16(12-19)13-23-8-2-5-17(14-23)20(25)24-9-3-6-18(15-24)21-26-10-11-27-21/h1,4,7,12,17-18,21H,2-3,5-6,8-11,13-15H2. The van der Waals surface area contributed by atoms with Gasteiger partial charge in [0.05, 0.1) is 19.1 Å². The van der Waals surface area contributed by atoms with E-state index in [1.165, 1.54) is 6.07 Å². The van der Waals surface area contributed by atoms with Crippen molar-refractivity contribution in [2.24, 2.45) is 11.8 Å². The van der Waals surface area contributed by atoms with Crippen LogP contribution in [0.2, 0.25) is 0 Å². The quantitative estimate of drug-likeness (QED) is 0.810. The number of ether oxygens (including phenoxy) is 2. The van der Waals surface area contributed by atoms with Gasteiger partial charge in [-0.3, -0.25) is 9.69 Å². The maximum Gasteiger partial charge on any atom is 0.226 e. The van der Waals surface area contributed by atoms with Crippen molar-refractivity contribution in [2.45, 2.75) is 38.5 Å². The van der Waals surface area contributed by atoms with Crippen molar-refractivity contribution in [1.82, 2.24) is 9.80 Å². The lowest BCUT2D eigenvalue weighted by atomic mass is 9.92. The minimum atomic E-state index is -0.201. The van der Waals surface area contributed by atoms with Gasteiger partial charge in [0.2, 0.25) is 5.91 Å². The van der Waals surface area contributed by atoms with Gasteiger partial charge in [-0.05, 0) is 49.9 Å². The van der Waals surface area contributed by atoms with Crippen molar-refractivity contribution >= 4 is 5.91 Å². The molecule has 3 aliphatic heterocycles. The van der Waals surface area contributed by atoms with Crippen LogP contribution in [0.1, 0.15) is 31.2 Å². The summed E-state index contributed by atoms with van der Waals surface area (Å²) in [5.41, 5.74) is 0.969. The first-order chi connectivity index (χ1) is 13.2. The Bertz CT molecular complexity index is 650. The molecule has 6 heteroatoms. The minimum absolute atomic E-state index is 0.0384. The van der Waals surface area contributed by atoms with Crippen LogP contribution < -0.4 is 0 Å². The summed E-state index contributed by atoms with van der Waals surface area (Å²) in [6.45, 7) is 5.32. The van der Waals surface area contributed by atoms with Crippen LogP contribution in [0, 0.1) is 17.7 Å². The van der Waals surface area contributed by atoms with Crippen LogP contribution in [0.3, 0.4) is 0 Å². The highest BCUT2D eigenvalue weighted by molar-refractivity contribution is 5.79. The molecule has 0 bridgehead atoms. The normalized spacial score (nSPS) is 27.8. The Labute approximate surface area is 160 Å². The number of rotatable bonds is 4. The summed E-state index contributed by atoms with van der Waals surface area (Å²) in [6, 6.07) is 6.75. The van der Waals surface area contributed by atoms with Crippen molar-refractivity contribution in [3.05, 3.63) is 35.6 Å². The van der Waals surface area contributed by atoms with Crippen LogP contribution in [0.15, 0.2) is 24.3 Å². The number of hydrogen-bond acceptors (Lipinski definition) is 4. The molecule has 3 fully saturated rings. The molecule has 0 N–H and O–H groups in total. The molecule has 2 unspecified atom stereocenters. The van der Waals surface area contributed by atoms with Crippen LogP contribution in [0.4, 0.5) is 4.39 Å². The molecule has 0 aromatic heterocycles. The van der Waals surface area contributed by atoms with Crippen LogP contribution in [0.5, 0.6) is 0 Å². The van der Waals surface area contributed by atoms with Crippen LogP contribution >= 0.6 is 0 Å². The second kappa shape index (κ2) is 8.67. The molecule has 0 saturated carbocycles. The zero-order chi connectivity index (χ0) is 18.6. The van der Waals surface area contributed by atoms with Gasteiger partial charge in [-0.25, -0.2) is 4.39 Å². The van der Waals surface area contributed by atoms with E-state index < -0.39 is 0 Å². The molecule has 5 nitrogen and oxygen atoms in total. The molecule has 1 aromatic rings. The number of carbonyl (C=O) groups is 1. The number of nitrogens with zero attached hydrogens (tertiary/aromatic N) is 2. The molecule has 0 aliphatic carbocycles. The maximum absolute atomic E-state index is 13.4. The Morgan fingerprint density at radius 2 is 1.93 bits per heavy atom. The van der Waals surface area contributed by atoms with Crippen molar-refractivity contribution in [3.8, 4) is 0 Å². The minimum Gasteiger partial charge on any atom is -0.350 e. The van der Waals surface area contributed by atoms with Crippen LogP contribution in [-0.4, -0.2) is 61.4 Å². The van der Waals surface area contributed by atoms with Gasteiger partial charge < -0.3 is 14.4 Å². The van der Waals surface area contributed by atoms with Crippen molar-refractivity contribution in [1.29, 1.82) is 0 Å². The third kappa shape index (κ3) is 4.68. The number of amides is 1. The second-order valence-corrected chi connectivity index (χ2v) is 8.00. The van der Waals surface area contributed by atoms with E-state index in [0.717, 1.165) is 57.4 Å². The average molecular weight is 376 g/mol. The number of hydrogen-bond donors (Lipinski definition) is 0. The van der Waals surface area contributed by atoms with Gasteiger partial charge in [0.25, 0.3) is 0 Å². The highest BCUT2D eigenvalue weighted by Gasteiger charge is 2.36. The molecule has 1 amide bonds. The summed E-state index contributed by atoms with van der Waals surface area (Å²) in [6.07, 6.45) is 3.88. The van der Waals surface area contributed by atoms with Crippen LogP contribution in [0.25, 0.3) is 0 Å². The highest BCUT2D eigenvalue weighted by atomic mass is 19.1. The molecule has 0 spiro atoms. The van der Waals surface area contributed by atoms with Crippen LogP contribution in [-0.2, 0) is 20.8 Å². The molecule has 3 heterocycles. The summed E-state index contributed by atoms with van der Waals surface area (Å²) in [5.74, 6) is 0.392. The largest absolute Gasteiger partial charge is 0.350 e. The van der Waals surface area contributed by atoms with Gasteiger partial charge in [0.1, 0.15) is 5.82 Å². The molecular weight excluding hydrogens is 347 g/mol. The van der Waals surface area contributed by atoms with Gasteiger partial charge in [-0.15, -0.1) is 0 Å². The number of likely N-dealkylation sites (tertiary alicyclic amines) is 2. The lowest BCUT2D eigenvalue weighted by Gasteiger charge is -2.39. The summed E-state index contributed by atoms with van der Waals surface area (Å²) in [5, 5.41) is 0. The van der Waals surface area contributed by atoms with Gasteiger partial charge >= 0.3 is 0 Å². The summed E-state index contributed by atoms with van der Waals surface area (Å²) in [7, 11) is 0. The molecule has 2 atom stereocenters. The number of halogens is 1. The van der Waals surface area contributed by atoms with E-state index in [-0.39, 0.29) is 29.9 Å². The Morgan fingerprint density at radius 1 is 1.11 bits per heavy atom. The maximum atomic E-state index is 13.4. The van der Waals surface area contributed by atoms with Gasteiger partial charge in [0, 0.05) is 32.1 Å². The fourth-order valence-electron chi connectivity index (χ4n) is 4.63. The summed E-state index contributed by atoms with van der Waals surface area (Å²) >= 11 is 0. The Balaban J connectivity index is 1.33. The van der Waals surface area contributed by atoms with E-state index in [4.69, 9.17) is 9.47 Å². The molecule has 27 heavy (non-hydrogen) atoms. The van der Waals surface area contributed by atoms with Gasteiger partial charge in [0.15, 0.2) is 6.29 Å².